The lowest BCUT2D eigenvalue weighted by atomic mass is 9.95. The number of piperidine rings is 1. The molecule has 5 rings (SSSR count). The van der Waals surface area contributed by atoms with Crippen molar-refractivity contribution in [3.05, 3.63) is 67.0 Å². The second-order valence-electron chi connectivity index (χ2n) is 8.87. The topological polar surface area (TPSA) is 70.4 Å². The summed E-state index contributed by atoms with van der Waals surface area (Å²) < 4.78 is 1.88. The van der Waals surface area contributed by atoms with Gasteiger partial charge in [0, 0.05) is 70.2 Å². The van der Waals surface area contributed by atoms with Gasteiger partial charge < -0.3 is 9.80 Å². The molecule has 2 saturated heterocycles. The van der Waals surface area contributed by atoms with Crippen molar-refractivity contribution in [2.45, 2.75) is 19.3 Å². The Morgan fingerprint density at radius 2 is 1.70 bits per heavy atom. The van der Waals surface area contributed by atoms with Crippen molar-refractivity contribution in [1.82, 2.24) is 29.3 Å². The third-order valence-electron chi connectivity index (χ3n) is 6.82. The first-order chi connectivity index (χ1) is 16.3. The number of hydrogen-bond donors (Lipinski definition) is 0. The summed E-state index contributed by atoms with van der Waals surface area (Å²) in [5.74, 6) is 2.17. The first-order valence-electron chi connectivity index (χ1n) is 11.9. The monoisotopic (exact) mass is 445 g/mol. The Kier molecular flexibility index (Phi) is 6.62. The standard InChI is InChI=1S/C25H31N7O/c33-25(31-16-14-29(15-17-31)10-6-21-4-2-1-3-5-21)22-7-11-30(12-8-22)23-18-24(28-19-27-23)32-13-9-26-20-32/h1-5,9,13,18-20,22H,6-8,10-12,14-17H2. The molecule has 1 amide bonds. The van der Waals surface area contributed by atoms with Gasteiger partial charge in [-0.05, 0) is 24.8 Å². The largest absolute Gasteiger partial charge is 0.356 e. The molecule has 8 heteroatoms. The molecule has 0 N–H and O–H groups in total. The smallest absolute Gasteiger partial charge is 0.225 e. The van der Waals surface area contributed by atoms with Gasteiger partial charge in [0.15, 0.2) is 0 Å². The van der Waals surface area contributed by atoms with Gasteiger partial charge in [0.2, 0.25) is 5.91 Å². The van der Waals surface area contributed by atoms with Gasteiger partial charge in [0.1, 0.15) is 24.3 Å². The van der Waals surface area contributed by atoms with Crippen LogP contribution in [0.2, 0.25) is 0 Å². The van der Waals surface area contributed by atoms with Gasteiger partial charge in [0.25, 0.3) is 0 Å². The molecule has 172 valence electrons. The number of hydrogen-bond acceptors (Lipinski definition) is 6. The van der Waals surface area contributed by atoms with Crippen LogP contribution in [0.25, 0.3) is 5.82 Å². The van der Waals surface area contributed by atoms with E-state index >= 15 is 0 Å². The first kappa shape index (κ1) is 21.6. The van der Waals surface area contributed by atoms with E-state index in [1.807, 2.05) is 16.8 Å². The Hall–Kier alpha value is -3.26. The zero-order chi connectivity index (χ0) is 22.5. The molecule has 3 aromatic rings. The van der Waals surface area contributed by atoms with E-state index < -0.39 is 0 Å². The summed E-state index contributed by atoms with van der Waals surface area (Å²) in [5.41, 5.74) is 1.38. The van der Waals surface area contributed by atoms with E-state index in [0.717, 1.165) is 76.7 Å². The molecule has 0 saturated carbocycles. The van der Waals surface area contributed by atoms with Crippen molar-refractivity contribution < 1.29 is 4.79 Å². The van der Waals surface area contributed by atoms with Crippen LogP contribution in [0.4, 0.5) is 5.82 Å². The lowest BCUT2D eigenvalue weighted by Gasteiger charge is -2.38. The second-order valence-corrected chi connectivity index (χ2v) is 8.87. The maximum atomic E-state index is 13.1. The number of piperazine rings is 1. The highest BCUT2D eigenvalue weighted by atomic mass is 16.2. The molecule has 2 aliphatic rings. The van der Waals surface area contributed by atoms with Crippen LogP contribution in [-0.4, -0.2) is 81.0 Å². The van der Waals surface area contributed by atoms with Crippen molar-refractivity contribution >= 4 is 11.7 Å². The summed E-state index contributed by atoms with van der Waals surface area (Å²) in [4.78, 5) is 32.9. The molecule has 0 unspecified atom stereocenters. The number of amides is 1. The summed E-state index contributed by atoms with van der Waals surface area (Å²) >= 11 is 0. The van der Waals surface area contributed by atoms with Crippen molar-refractivity contribution in [3.63, 3.8) is 0 Å². The van der Waals surface area contributed by atoms with E-state index in [-0.39, 0.29) is 5.92 Å². The molecule has 33 heavy (non-hydrogen) atoms. The summed E-state index contributed by atoms with van der Waals surface area (Å²) in [6.07, 6.45) is 9.76. The van der Waals surface area contributed by atoms with E-state index in [0.29, 0.717) is 5.91 Å². The summed E-state index contributed by atoms with van der Waals surface area (Å²) in [7, 11) is 0. The van der Waals surface area contributed by atoms with Crippen LogP contribution in [0, 0.1) is 5.92 Å². The molecule has 0 aliphatic carbocycles. The maximum Gasteiger partial charge on any atom is 0.225 e. The van der Waals surface area contributed by atoms with E-state index in [2.05, 4.69) is 60.0 Å². The third kappa shape index (κ3) is 5.22. The fourth-order valence-electron chi connectivity index (χ4n) is 4.78. The zero-order valence-electron chi connectivity index (χ0n) is 19.0. The molecule has 4 heterocycles. The predicted molar refractivity (Wildman–Crippen MR) is 127 cm³/mol. The second kappa shape index (κ2) is 10.1. The molecular formula is C25H31N7O. The highest BCUT2D eigenvalue weighted by Gasteiger charge is 2.30. The molecule has 0 spiro atoms. The number of carbonyl (C=O) groups excluding carboxylic acids is 1. The number of aromatic nitrogens is 4. The molecule has 8 nitrogen and oxygen atoms in total. The van der Waals surface area contributed by atoms with Crippen LogP contribution in [0.3, 0.4) is 0 Å². The van der Waals surface area contributed by atoms with Crippen LogP contribution in [-0.2, 0) is 11.2 Å². The number of benzene rings is 1. The van der Waals surface area contributed by atoms with Crippen molar-refractivity contribution in [2.75, 3.05) is 50.7 Å². The Morgan fingerprint density at radius 1 is 0.939 bits per heavy atom. The Bertz CT molecular complexity index is 1020. The number of anilines is 1. The lowest BCUT2D eigenvalue weighted by Crippen LogP contribution is -2.52. The van der Waals surface area contributed by atoms with Crippen LogP contribution >= 0.6 is 0 Å². The van der Waals surface area contributed by atoms with Crippen molar-refractivity contribution in [2.24, 2.45) is 5.92 Å². The average molecular weight is 446 g/mol. The fourth-order valence-corrected chi connectivity index (χ4v) is 4.78. The van der Waals surface area contributed by atoms with E-state index in [9.17, 15) is 4.79 Å². The van der Waals surface area contributed by atoms with E-state index in [4.69, 9.17) is 0 Å². The molecule has 2 fully saturated rings. The van der Waals surface area contributed by atoms with Gasteiger partial charge in [-0.1, -0.05) is 30.3 Å². The molecule has 0 bridgehead atoms. The SMILES string of the molecule is O=C(C1CCN(c2cc(-n3ccnc3)ncn2)CC1)N1CCN(CCc2ccccc2)CC1. The summed E-state index contributed by atoms with van der Waals surface area (Å²) in [6.45, 7) is 6.36. The van der Waals surface area contributed by atoms with Gasteiger partial charge >= 0.3 is 0 Å². The van der Waals surface area contributed by atoms with Crippen LogP contribution < -0.4 is 4.90 Å². The van der Waals surface area contributed by atoms with E-state index in [1.165, 1.54) is 5.56 Å². The van der Waals surface area contributed by atoms with Gasteiger partial charge in [-0.25, -0.2) is 15.0 Å². The predicted octanol–water partition coefficient (Wildman–Crippen LogP) is 2.27. The highest BCUT2D eigenvalue weighted by Crippen LogP contribution is 2.24. The van der Waals surface area contributed by atoms with Gasteiger partial charge in [0.05, 0.1) is 0 Å². The summed E-state index contributed by atoms with van der Waals surface area (Å²) in [5, 5.41) is 0. The number of nitrogens with zero attached hydrogens (tertiary/aromatic N) is 7. The number of imidazole rings is 1. The molecule has 1 aromatic carbocycles. The minimum Gasteiger partial charge on any atom is -0.356 e. The number of rotatable bonds is 6. The van der Waals surface area contributed by atoms with Crippen LogP contribution in [0.1, 0.15) is 18.4 Å². The van der Waals surface area contributed by atoms with Gasteiger partial charge in [-0.3, -0.25) is 14.3 Å². The molecule has 2 aliphatic heterocycles. The normalized spacial score (nSPS) is 17.9. The highest BCUT2D eigenvalue weighted by molar-refractivity contribution is 5.79. The quantitative estimate of drug-likeness (QED) is 0.580. The third-order valence-corrected chi connectivity index (χ3v) is 6.82. The Labute approximate surface area is 194 Å². The van der Waals surface area contributed by atoms with Crippen LogP contribution in [0.5, 0.6) is 0 Å². The maximum absolute atomic E-state index is 13.1. The lowest BCUT2D eigenvalue weighted by molar-refractivity contribution is -0.138. The fraction of sp³-hybridized carbons (Fsp3) is 0.440. The molecule has 0 atom stereocenters. The average Bonchev–Trinajstić information content (AvgIpc) is 3.44. The summed E-state index contributed by atoms with van der Waals surface area (Å²) in [6, 6.07) is 12.6. The molecular weight excluding hydrogens is 414 g/mol. The molecule has 0 radical (unpaired) electrons. The molecule has 2 aromatic heterocycles. The minimum absolute atomic E-state index is 0.118. The Morgan fingerprint density at radius 3 is 2.42 bits per heavy atom. The Balaban J connectivity index is 1.09. The van der Waals surface area contributed by atoms with Crippen LogP contribution in [0.15, 0.2) is 61.4 Å². The first-order valence-corrected chi connectivity index (χ1v) is 11.9. The van der Waals surface area contributed by atoms with Crippen molar-refractivity contribution in [3.8, 4) is 5.82 Å². The number of carbonyl (C=O) groups is 1. The van der Waals surface area contributed by atoms with Gasteiger partial charge in [-0.15, -0.1) is 0 Å². The van der Waals surface area contributed by atoms with E-state index in [1.54, 1.807) is 18.9 Å². The van der Waals surface area contributed by atoms with Gasteiger partial charge in [-0.2, -0.15) is 0 Å². The zero-order valence-corrected chi connectivity index (χ0v) is 19.0. The van der Waals surface area contributed by atoms with Crippen molar-refractivity contribution in [1.29, 1.82) is 0 Å². The minimum atomic E-state index is 0.118.